The van der Waals surface area contributed by atoms with Gasteiger partial charge in [-0.25, -0.2) is 10.6 Å². The SMILES string of the molecule is NNC(=O)N1C(=O)CCC1=O. The highest BCUT2D eigenvalue weighted by Crippen LogP contribution is 2.10. The van der Waals surface area contributed by atoms with Gasteiger partial charge in [-0.2, -0.15) is 4.90 Å². The van der Waals surface area contributed by atoms with E-state index in [4.69, 9.17) is 5.84 Å². The van der Waals surface area contributed by atoms with Crippen molar-refractivity contribution in [1.82, 2.24) is 10.3 Å². The van der Waals surface area contributed by atoms with Crippen LogP contribution in [0.4, 0.5) is 4.79 Å². The average Bonchev–Trinajstić information content (AvgIpc) is 2.30. The highest BCUT2D eigenvalue weighted by molar-refractivity contribution is 6.14. The number of carbonyl (C=O) groups is 3. The lowest BCUT2D eigenvalue weighted by molar-refractivity contribution is -0.134. The molecule has 0 atom stereocenters. The Kier molecular flexibility index (Phi) is 1.86. The van der Waals surface area contributed by atoms with Gasteiger partial charge >= 0.3 is 6.03 Å². The van der Waals surface area contributed by atoms with Crippen molar-refractivity contribution in [3.05, 3.63) is 0 Å². The van der Waals surface area contributed by atoms with E-state index in [1.165, 1.54) is 0 Å². The van der Waals surface area contributed by atoms with E-state index in [1.54, 1.807) is 5.43 Å². The van der Waals surface area contributed by atoms with E-state index in [0.717, 1.165) is 0 Å². The van der Waals surface area contributed by atoms with Crippen molar-refractivity contribution in [1.29, 1.82) is 0 Å². The number of carbonyl (C=O) groups excluding carboxylic acids is 3. The van der Waals surface area contributed by atoms with Crippen LogP contribution >= 0.6 is 0 Å². The van der Waals surface area contributed by atoms with Crippen LogP contribution in [0.25, 0.3) is 0 Å². The molecule has 4 amide bonds. The summed E-state index contributed by atoms with van der Waals surface area (Å²) in [6.45, 7) is 0. The van der Waals surface area contributed by atoms with E-state index in [-0.39, 0.29) is 12.8 Å². The number of nitrogens with two attached hydrogens (primary N) is 1. The van der Waals surface area contributed by atoms with Crippen LogP contribution in [0.5, 0.6) is 0 Å². The fraction of sp³-hybridized carbons (Fsp3) is 0.400. The second-order valence-electron chi connectivity index (χ2n) is 2.07. The molecule has 11 heavy (non-hydrogen) atoms. The molecule has 60 valence electrons. The smallest absolute Gasteiger partial charge is 0.275 e. The van der Waals surface area contributed by atoms with Crippen LogP contribution in [-0.4, -0.2) is 22.7 Å². The van der Waals surface area contributed by atoms with Crippen molar-refractivity contribution < 1.29 is 14.4 Å². The Balaban J connectivity index is 2.76. The Hall–Kier alpha value is -1.43. The molecule has 0 aromatic carbocycles. The largest absolute Gasteiger partial charge is 0.345 e. The number of hydrogen-bond acceptors (Lipinski definition) is 4. The zero-order valence-electron chi connectivity index (χ0n) is 5.66. The molecule has 1 saturated heterocycles. The highest BCUT2D eigenvalue weighted by atomic mass is 16.2. The summed E-state index contributed by atoms with van der Waals surface area (Å²) in [6.07, 6.45) is 0.179. The lowest BCUT2D eigenvalue weighted by Gasteiger charge is -2.09. The zero-order chi connectivity index (χ0) is 8.43. The van der Waals surface area contributed by atoms with Crippen LogP contribution < -0.4 is 11.3 Å². The third-order valence-electron chi connectivity index (χ3n) is 1.38. The van der Waals surface area contributed by atoms with Crippen molar-refractivity contribution in [3.63, 3.8) is 0 Å². The number of hydrogen-bond donors (Lipinski definition) is 2. The first kappa shape index (κ1) is 7.67. The van der Waals surface area contributed by atoms with Gasteiger partial charge in [0.15, 0.2) is 0 Å². The summed E-state index contributed by atoms with van der Waals surface area (Å²) in [4.78, 5) is 32.7. The van der Waals surface area contributed by atoms with Gasteiger partial charge in [0.1, 0.15) is 0 Å². The summed E-state index contributed by atoms with van der Waals surface area (Å²) < 4.78 is 0. The molecule has 0 spiro atoms. The minimum absolute atomic E-state index is 0.0895. The van der Waals surface area contributed by atoms with Crippen LogP contribution in [0.2, 0.25) is 0 Å². The lowest BCUT2D eigenvalue weighted by atomic mass is 10.4. The maximum atomic E-state index is 10.8. The summed E-state index contributed by atoms with van der Waals surface area (Å²) in [5, 5.41) is 0. The predicted molar refractivity (Wildman–Crippen MR) is 33.8 cm³/mol. The van der Waals surface area contributed by atoms with E-state index in [9.17, 15) is 14.4 Å². The van der Waals surface area contributed by atoms with Gasteiger partial charge in [-0.3, -0.25) is 15.0 Å². The third kappa shape index (κ3) is 1.20. The predicted octanol–water partition coefficient (Wildman–Crippen LogP) is -1.28. The van der Waals surface area contributed by atoms with Crippen LogP contribution in [0.3, 0.4) is 0 Å². The number of imide groups is 3. The Morgan fingerprint density at radius 3 is 2.18 bits per heavy atom. The van der Waals surface area contributed by atoms with E-state index in [0.29, 0.717) is 4.90 Å². The summed E-state index contributed by atoms with van der Waals surface area (Å²) in [7, 11) is 0. The first-order valence-electron chi connectivity index (χ1n) is 3.03. The fourth-order valence-corrected chi connectivity index (χ4v) is 0.868. The third-order valence-corrected chi connectivity index (χ3v) is 1.38. The quantitative estimate of drug-likeness (QED) is 0.198. The Bertz CT molecular complexity index is 209. The molecule has 0 unspecified atom stereocenters. The second kappa shape index (κ2) is 2.67. The lowest BCUT2D eigenvalue weighted by Crippen LogP contribution is -2.45. The van der Waals surface area contributed by atoms with Gasteiger partial charge in [-0.15, -0.1) is 0 Å². The maximum Gasteiger partial charge on any atom is 0.345 e. The molecule has 6 nitrogen and oxygen atoms in total. The zero-order valence-corrected chi connectivity index (χ0v) is 5.66. The van der Waals surface area contributed by atoms with Crippen molar-refractivity contribution in [2.75, 3.05) is 0 Å². The van der Waals surface area contributed by atoms with Gasteiger partial charge in [0.05, 0.1) is 0 Å². The van der Waals surface area contributed by atoms with Crippen molar-refractivity contribution in [3.8, 4) is 0 Å². The molecule has 0 aromatic rings. The first-order chi connectivity index (χ1) is 5.16. The fourth-order valence-electron chi connectivity index (χ4n) is 0.868. The maximum absolute atomic E-state index is 10.8. The molecule has 1 aliphatic rings. The normalized spacial score (nSPS) is 17.4. The topological polar surface area (TPSA) is 92.5 Å². The molecular weight excluding hydrogens is 150 g/mol. The highest BCUT2D eigenvalue weighted by Gasteiger charge is 2.33. The van der Waals surface area contributed by atoms with E-state index in [1.807, 2.05) is 0 Å². The van der Waals surface area contributed by atoms with Crippen LogP contribution in [0, 0.1) is 0 Å². The number of hydrazine groups is 1. The van der Waals surface area contributed by atoms with Crippen LogP contribution in [0.1, 0.15) is 12.8 Å². The molecular formula is C5H7N3O3. The summed E-state index contributed by atoms with van der Waals surface area (Å²) >= 11 is 0. The minimum Gasteiger partial charge on any atom is -0.275 e. The van der Waals surface area contributed by atoms with Gasteiger partial charge in [0.2, 0.25) is 11.8 Å². The second-order valence-corrected chi connectivity index (χ2v) is 2.07. The Morgan fingerprint density at radius 2 is 1.82 bits per heavy atom. The van der Waals surface area contributed by atoms with Crippen LogP contribution in [-0.2, 0) is 9.59 Å². The molecule has 1 heterocycles. The van der Waals surface area contributed by atoms with Gasteiger partial charge in [0, 0.05) is 12.8 Å². The van der Waals surface area contributed by atoms with Gasteiger partial charge in [-0.05, 0) is 0 Å². The number of likely N-dealkylation sites (tertiary alicyclic amines) is 1. The molecule has 0 bridgehead atoms. The van der Waals surface area contributed by atoms with Gasteiger partial charge in [-0.1, -0.05) is 0 Å². The molecule has 3 N–H and O–H groups in total. The number of amides is 4. The average molecular weight is 157 g/mol. The molecule has 1 aliphatic heterocycles. The van der Waals surface area contributed by atoms with Crippen molar-refractivity contribution in [2.45, 2.75) is 12.8 Å². The molecule has 0 aliphatic carbocycles. The molecule has 1 rings (SSSR count). The summed E-state index contributed by atoms with van der Waals surface area (Å²) in [5.74, 6) is 3.73. The number of nitrogens with zero attached hydrogens (tertiary/aromatic N) is 1. The monoisotopic (exact) mass is 157 g/mol. The number of urea groups is 1. The molecule has 0 radical (unpaired) electrons. The number of nitrogens with one attached hydrogen (secondary N) is 1. The molecule has 6 heteroatoms. The standard InChI is InChI=1S/C5H7N3O3/c6-7-5(11)8-3(9)1-2-4(8)10/h1-2,6H2,(H,7,11). The number of rotatable bonds is 0. The van der Waals surface area contributed by atoms with E-state index in [2.05, 4.69) is 0 Å². The molecule has 1 fully saturated rings. The van der Waals surface area contributed by atoms with E-state index >= 15 is 0 Å². The molecule has 0 saturated carbocycles. The van der Waals surface area contributed by atoms with Crippen LogP contribution in [0.15, 0.2) is 0 Å². The molecule has 0 aromatic heterocycles. The summed E-state index contributed by atoms with van der Waals surface area (Å²) in [6, 6.07) is -0.863. The Labute approximate surface area is 62.3 Å². The first-order valence-corrected chi connectivity index (χ1v) is 3.03. The van der Waals surface area contributed by atoms with Crippen molar-refractivity contribution in [2.24, 2.45) is 5.84 Å². The van der Waals surface area contributed by atoms with Gasteiger partial charge < -0.3 is 0 Å². The Morgan fingerprint density at radius 1 is 1.36 bits per heavy atom. The van der Waals surface area contributed by atoms with E-state index < -0.39 is 17.8 Å². The van der Waals surface area contributed by atoms with Crippen molar-refractivity contribution >= 4 is 17.8 Å². The minimum atomic E-state index is -0.863. The summed E-state index contributed by atoms with van der Waals surface area (Å²) in [5.41, 5.74) is 1.71. The van der Waals surface area contributed by atoms with Gasteiger partial charge in [0.25, 0.3) is 0 Å².